The molecule has 18 heavy (non-hydrogen) atoms. The summed E-state index contributed by atoms with van der Waals surface area (Å²) < 4.78 is 0. The van der Waals surface area contributed by atoms with Crippen LogP contribution in [-0.2, 0) is 6.54 Å². The average molecular weight is 268 g/mol. The molecule has 5 N–H and O–H groups in total. The van der Waals surface area contributed by atoms with Crippen molar-refractivity contribution >= 4 is 23.5 Å². The molecule has 1 aromatic carbocycles. The Hall–Kier alpha value is -1.75. The standard InChI is InChI=1S/C12H18ClN5/c1-8(2)18(12(16)17-11(14)15)7-9-5-3-4-6-10(9)13/h3-6,8H,7H2,1-2H3,(H5,14,15,16,17). The second kappa shape index (κ2) is 6.26. The van der Waals surface area contributed by atoms with Crippen LogP contribution >= 0.6 is 11.6 Å². The molecule has 0 amide bonds. The average Bonchev–Trinajstić information content (AvgIpc) is 2.26. The Labute approximate surface area is 112 Å². The van der Waals surface area contributed by atoms with Gasteiger partial charge in [-0.15, -0.1) is 0 Å². The molecule has 0 aliphatic carbocycles. The first-order valence-electron chi connectivity index (χ1n) is 5.60. The first kappa shape index (κ1) is 14.3. The first-order chi connectivity index (χ1) is 8.41. The van der Waals surface area contributed by atoms with Crippen LogP contribution in [0.5, 0.6) is 0 Å². The minimum Gasteiger partial charge on any atom is -0.370 e. The van der Waals surface area contributed by atoms with Gasteiger partial charge >= 0.3 is 0 Å². The minimum atomic E-state index is -0.121. The zero-order valence-electron chi connectivity index (χ0n) is 10.5. The van der Waals surface area contributed by atoms with Gasteiger partial charge in [0.25, 0.3) is 0 Å². The highest BCUT2D eigenvalue weighted by atomic mass is 35.5. The van der Waals surface area contributed by atoms with Crippen LogP contribution in [0.2, 0.25) is 5.02 Å². The van der Waals surface area contributed by atoms with Crippen molar-refractivity contribution in [3.8, 4) is 0 Å². The van der Waals surface area contributed by atoms with Crippen molar-refractivity contribution < 1.29 is 0 Å². The number of aliphatic imine (C=N–C) groups is 1. The Morgan fingerprint density at radius 3 is 2.50 bits per heavy atom. The largest absolute Gasteiger partial charge is 0.370 e. The molecule has 0 saturated carbocycles. The highest BCUT2D eigenvalue weighted by molar-refractivity contribution is 6.31. The fourth-order valence-electron chi connectivity index (χ4n) is 1.50. The van der Waals surface area contributed by atoms with Crippen LogP contribution < -0.4 is 11.5 Å². The molecular formula is C12H18ClN5. The summed E-state index contributed by atoms with van der Waals surface area (Å²) in [4.78, 5) is 5.53. The number of nitrogens with zero attached hydrogens (tertiary/aromatic N) is 2. The Morgan fingerprint density at radius 1 is 1.39 bits per heavy atom. The Bertz CT molecular complexity index is 452. The van der Waals surface area contributed by atoms with Crippen molar-refractivity contribution in [2.24, 2.45) is 16.5 Å². The molecule has 0 atom stereocenters. The van der Waals surface area contributed by atoms with Crippen molar-refractivity contribution in [2.45, 2.75) is 26.4 Å². The molecular weight excluding hydrogens is 250 g/mol. The lowest BCUT2D eigenvalue weighted by Gasteiger charge is -2.27. The van der Waals surface area contributed by atoms with Crippen molar-refractivity contribution in [1.82, 2.24) is 4.90 Å². The number of benzene rings is 1. The van der Waals surface area contributed by atoms with Gasteiger partial charge in [-0.3, -0.25) is 5.41 Å². The molecule has 1 rings (SSSR count). The van der Waals surface area contributed by atoms with Crippen LogP contribution in [0.25, 0.3) is 0 Å². The molecule has 0 unspecified atom stereocenters. The lowest BCUT2D eigenvalue weighted by molar-refractivity contribution is 0.337. The maximum Gasteiger partial charge on any atom is 0.221 e. The number of hydrogen-bond acceptors (Lipinski definition) is 1. The lowest BCUT2D eigenvalue weighted by atomic mass is 10.2. The van der Waals surface area contributed by atoms with Gasteiger partial charge < -0.3 is 16.4 Å². The van der Waals surface area contributed by atoms with Gasteiger partial charge in [-0.05, 0) is 25.5 Å². The van der Waals surface area contributed by atoms with Gasteiger partial charge in [-0.25, -0.2) is 0 Å². The highest BCUT2D eigenvalue weighted by Gasteiger charge is 2.15. The second-order valence-corrected chi connectivity index (χ2v) is 4.58. The van der Waals surface area contributed by atoms with Crippen LogP contribution in [0, 0.1) is 5.41 Å². The van der Waals surface area contributed by atoms with Gasteiger partial charge in [-0.2, -0.15) is 4.99 Å². The third-order valence-electron chi connectivity index (χ3n) is 2.43. The predicted molar refractivity (Wildman–Crippen MR) is 75.7 cm³/mol. The van der Waals surface area contributed by atoms with Crippen molar-refractivity contribution in [2.75, 3.05) is 0 Å². The molecule has 0 fully saturated rings. The fraction of sp³-hybridized carbons (Fsp3) is 0.333. The van der Waals surface area contributed by atoms with E-state index in [0.717, 1.165) is 5.56 Å². The summed E-state index contributed by atoms with van der Waals surface area (Å²) in [6.45, 7) is 4.42. The van der Waals surface area contributed by atoms with Gasteiger partial charge in [0.15, 0.2) is 5.96 Å². The highest BCUT2D eigenvalue weighted by Crippen LogP contribution is 2.18. The van der Waals surface area contributed by atoms with E-state index < -0.39 is 0 Å². The number of nitrogens with one attached hydrogen (secondary N) is 1. The molecule has 0 bridgehead atoms. The third kappa shape index (κ3) is 3.92. The smallest absolute Gasteiger partial charge is 0.221 e. The van der Waals surface area contributed by atoms with Gasteiger partial charge in [-0.1, -0.05) is 29.8 Å². The van der Waals surface area contributed by atoms with E-state index in [1.165, 1.54) is 0 Å². The summed E-state index contributed by atoms with van der Waals surface area (Å²) in [5.74, 6) is -0.0882. The second-order valence-electron chi connectivity index (χ2n) is 4.17. The van der Waals surface area contributed by atoms with Crippen LogP contribution in [0.1, 0.15) is 19.4 Å². The molecule has 5 nitrogen and oxygen atoms in total. The fourth-order valence-corrected chi connectivity index (χ4v) is 1.69. The third-order valence-corrected chi connectivity index (χ3v) is 2.80. The van der Waals surface area contributed by atoms with Crippen LogP contribution in [0.4, 0.5) is 0 Å². The van der Waals surface area contributed by atoms with E-state index in [1.54, 1.807) is 4.90 Å². The Morgan fingerprint density at radius 2 is 2.00 bits per heavy atom. The lowest BCUT2D eigenvalue weighted by Crippen LogP contribution is -2.37. The molecule has 0 aliphatic rings. The number of hydrogen-bond donors (Lipinski definition) is 3. The summed E-state index contributed by atoms with van der Waals surface area (Å²) in [5.41, 5.74) is 11.5. The van der Waals surface area contributed by atoms with Crippen molar-refractivity contribution in [3.05, 3.63) is 34.9 Å². The van der Waals surface area contributed by atoms with E-state index in [9.17, 15) is 0 Å². The molecule has 0 radical (unpaired) electrons. The van der Waals surface area contributed by atoms with Crippen LogP contribution in [0.3, 0.4) is 0 Å². The maximum absolute atomic E-state index is 7.86. The van der Waals surface area contributed by atoms with Gasteiger partial charge in [0, 0.05) is 17.6 Å². The van der Waals surface area contributed by atoms with Gasteiger partial charge in [0.1, 0.15) is 0 Å². The number of halogens is 1. The topological polar surface area (TPSA) is 91.5 Å². The zero-order valence-corrected chi connectivity index (χ0v) is 11.3. The van der Waals surface area contributed by atoms with Crippen molar-refractivity contribution in [1.29, 1.82) is 5.41 Å². The molecule has 1 aromatic rings. The van der Waals surface area contributed by atoms with E-state index in [-0.39, 0.29) is 18.0 Å². The first-order valence-corrected chi connectivity index (χ1v) is 5.98. The SMILES string of the molecule is CC(C)N(Cc1ccccc1Cl)C(=N)N=C(N)N. The number of guanidine groups is 2. The van der Waals surface area contributed by atoms with Crippen LogP contribution in [0.15, 0.2) is 29.3 Å². The summed E-state index contributed by atoms with van der Waals surface area (Å²) in [6.07, 6.45) is 0. The molecule has 0 aliphatic heterocycles. The zero-order chi connectivity index (χ0) is 13.7. The van der Waals surface area contributed by atoms with E-state index in [4.69, 9.17) is 28.5 Å². The molecule has 6 heteroatoms. The molecule has 0 aromatic heterocycles. The summed E-state index contributed by atoms with van der Waals surface area (Å²) >= 11 is 6.10. The van der Waals surface area contributed by atoms with E-state index in [2.05, 4.69) is 4.99 Å². The summed E-state index contributed by atoms with van der Waals surface area (Å²) in [6, 6.07) is 7.61. The van der Waals surface area contributed by atoms with Crippen molar-refractivity contribution in [3.63, 3.8) is 0 Å². The predicted octanol–water partition coefficient (Wildman–Crippen LogP) is 1.76. The molecule has 0 saturated heterocycles. The molecule has 98 valence electrons. The monoisotopic (exact) mass is 267 g/mol. The van der Waals surface area contributed by atoms with E-state index in [0.29, 0.717) is 11.6 Å². The normalized spacial score (nSPS) is 10.2. The number of rotatable bonds is 3. The Balaban J connectivity index is 2.92. The summed E-state index contributed by atoms with van der Waals surface area (Å²) in [7, 11) is 0. The van der Waals surface area contributed by atoms with Gasteiger partial charge in [0.2, 0.25) is 5.96 Å². The van der Waals surface area contributed by atoms with Gasteiger partial charge in [0.05, 0.1) is 0 Å². The minimum absolute atomic E-state index is 0.0323. The quantitative estimate of drug-likeness (QED) is 0.576. The molecule has 0 spiro atoms. The maximum atomic E-state index is 7.86. The van der Waals surface area contributed by atoms with Crippen LogP contribution in [-0.4, -0.2) is 22.9 Å². The number of nitrogens with two attached hydrogens (primary N) is 2. The summed E-state index contributed by atoms with van der Waals surface area (Å²) in [5, 5.41) is 8.53. The molecule has 0 heterocycles. The Kier molecular flexibility index (Phi) is 4.97. The van der Waals surface area contributed by atoms with E-state index >= 15 is 0 Å². The van der Waals surface area contributed by atoms with E-state index in [1.807, 2.05) is 38.1 Å².